The summed E-state index contributed by atoms with van der Waals surface area (Å²) in [5, 5.41) is 10.6. The van der Waals surface area contributed by atoms with Crippen molar-refractivity contribution < 1.29 is 27.8 Å². The molecule has 1 aliphatic heterocycles. The van der Waals surface area contributed by atoms with Gasteiger partial charge in [0.15, 0.2) is 0 Å². The topological polar surface area (TPSA) is 99.6 Å². The van der Waals surface area contributed by atoms with Crippen molar-refractivity contribution in [3.05, 3.63) is 53.1 Å². The number of carbonyl (C=O) groups is 1. The molecule has 0 saturated carbocycles. The Kier molecular flexibility index (Phi) is 11.9. The summed E-state index contributed by atoms with van der Waals surface area (Å²) in [6.45, 7) is 6.29. The second-order valence-corrected chi connectivity index (χ2v) is 13.6. The van der Waals surface area contributed by atoms with E-state index in [4.69, 9.17) is 21.1 Å². The average Bonchev–Trinajstić information content (AvgIpc) is 2.93. The van der Waals surface area contributed by atoms with Crippen molar-refractivity contribution >= 4 is 33.2 Å². The number of rotatable bonds is 7. The number of amides is 1. The molecule has 3 rings (SSSR count). The van der Waals surface area contributed by atoms with Crippen LogP contribution in [0.5, 0.6) is 5.75 Å². The normalized spacial score (nSPS) is 22.0. The first kappa shape index (κ1) is 33.1. The van der Waals surface area contributed by atoms with Gasteiger partial charge in [0.25, 0.3) is 5.91 Å². The molecule has 41 heavy (non-hydrogen) atoms. The summed E-state index contributed by atoms with van der Waals surface area (Å²) in [6.07, 6.45) is 1.80. The molecule has 4 atom stereocenters. The van der Waals surface area contributed by atoms with E-state index in [1.807, 2.05) is 51.0 Å². The number of anilines is 1. The summed E-state index contributed by atoms with van der Waals surface area (Å²) in [4.78, 5) is 17.8. The number of fused-ring (bicyclic) bond motifs is 1. The standard InChI is InChI=1S/C30H44ClN3O6S/c1-21-18-34(22(2)20-35)30(36)27-17-25(32(4)5)12-15-28(27)40-23(3)9-7-8-16-39-29(21)19-33(6)41(37,38)26-13-10-24(31)11-14-26/h10-15,17,21-23,29,35H,7-9,16,18-20H2,1-6H3/t21-,22+,23+,29-/m0/s1. The number of halogens is 1. The number of sulfonamides is 1. The number of aliphatic hydroxyl groups is 1. The molecule has 0 bridgehead atoms. The number of nitrogens with zero attached hydrogens (tertiary/aromatic N) is 3. The highest BCUT2D eigenvalue weighted by molar-refractivity contribution is 7.89. The maximum Gasteiger partial charge on any atom is 0.258 e. The van der Waals surface area contributed by atoms with Crippen LogP contribution < -0.4 is 9.64 Å². The van der Waals surface area contributed by atoms with Crippen LogP contribution in [-0.2, 0) is 14.8 Å². The third kappa shape index (κ3) is 8.58. The van der Waals surface area contributed by atoms with Gasteiger partial charge in [-0.2, -0.15) is 4.31 Å². The van der Waals surface area contributed by atoms with E-state index in [2.05, 4.69) is 0 Å². The summed E-state index contributed by atoms with van der Waals surface area (Å²) in [5.41, 5.74) is 1.28. The van der Waals surface area contributed by atoms with Crippen LogP contribution in [0.15, 0.2) is 47.4 Å². The summed E-state index contributed by atoms with van der Waals surface area (Å²) in [6, 6.07) is 11.2. The molecule has 1 heterocycles. The van der Waals surface area contributed by atoms with E-state index in [0.717, 1.165) is 24.9 Å². The minimum absolute atomic E-state index is 0.0997. The van der Waals surface area contributed by atoms with Crippen LogP contribution in [0.1, 0.15) is 50.4 Å². The summed E-state index contributed by atoms with van der Waals surface area (Å²) >= 11 is 5.96. The Hall–Kier alpha value is -2.37. The molecule has 0 spiro atoms. The highest BCUT2D eigenvalue weighted by Crippen LogP contribution is 2.29. The van der Waals surface area contributed by atoms with Crippen LogP contribution in [0.25, 0.3) is 0 Å². The number of hydrogen-bond donors (Lipinski definition) is 1. The van der Waals surface area contributed by atoms with Crippen molar-refractivity contribution in [3.8, 4) is 5.75 Å². The van der Waals surface area contributed by atoms with Gasteiger partial charge >= 0.3 is 0 Å². The first-order valence-electron chi connectivity index (χ1n) is 14.1. The molecule has 9 nitrogen and oxygen atoms in total. The van der Waals surface area contributed by atoms with Gasteiger partial charge in [0.1, 0.15) is 5.75 Å². The second-order valence-electron chi connectivity index (χ2n) is 11.1. The Labute approximate surface area is 250 Å². The third-order valence-corrected chi connectivity index (χ3v) is 9.60. The largest absolute Gasteiger partial charge is 0.490 e. The number of benzene rings is 2. The SMILES string of the molecule is C[C@@H]1CCCCO[C@@H](CN(C)S(=O)(=O)c2ccc(Cl)cc2)[C@@H](C)CN([C@H](C)CO)C(=O)c2cc(N(C)C)ccc2O1. The van der Waals surface area contributed by atoms with Gasteiger partial charge in [-0.05, 0) is 75.6 Å². The molecular formula is C30H44ClN3O6S. The number of likely N-dealkylation sites (N-methyl/N-ethyl adjacent to an activating group) is 1. The molecule has 0 unspecified atom stereocenters. The van der Waals surface area contributed by atoms with Gasteiger partial charge < -0.3 is 24.4 Å². The van der Waals surface area contributed by atoms with Crippen molar-refractivity contribution in [1.82, 2.24) is 9.21 Å². The lowest BCUT2D eigenvalue weighted by Gasteiger charge is -2.35. The molecule has 2 aromatic carbocycles. The monoisotopic (exact) mass is 609 g/mol. The maximum absolute atomic E-state index is 14.1. The molecule has 0 fully saturated rings. The molecule has 0 saturated heterocycles. The zero-order valence-corrected chi connectivity index (χ0v) is 26.5. The van der Waals surface area contributed by atoms with Gasteiger partial charge in [0.05, 0.1) is 35.3 Å². The molecule has 2 aromatic rings. The van der Waals surface area contributed by atoms with Gasteiger partial charge in [-0.1, -0.05) is 18.5 Å². The van der Waals surface area contributed by atoms with Gasteiger partial charge in [-0.25, -0.2) is 8.42 Å². The molecular weight excluding hydrogens is 566 g/mol. The number of hydrogen-bond acceptors (Lipinski definition) is 7. The van der Waals surface area contributed by atoms with Gasteiger partial charge in [-0.15, -0.1) is 0 Å². The third-order valence-electron chi connectivity index (χ3n) is 7.51. The lowest BCUT2D eigenvalue weighted by atomic mass is 10.0. The fourth-order valence-electron chi connectivity index (χ4n) is 4.79. The van der Waals surface area contributed by atoms with Crippen molar-refractivity contribution in [1.29, 1.82) is 0 Å². The Morgan fingerprint density at radius 3 is 2.41 bits per heavy atom. The Morgan fingerprint density at radius 1 is 1.10 bits per heavy atom. The van der Waals surface area contributed by atoms with E-state index in [0.29, 0.717) is 22.9 Å². The predicted molar refractivity (Wildman–Crippen MR) is 162 cm³/mol. The first-order chi connectivity index (χ1) is 19.3. The van der Waals surface area contributed by atoms with Gasteiger partial charge in [-0.3, -0.25) is 4.79 Å². The van der Waals surface area contributed by atoms with E-state index in [9.17, 15) is 18.3 Å². The molecule has 0 aromatic heterocycles. The lowest BCUT2D eigenvalue weighted by Crippen LogP contribution is -2.48. The zero-order valence-electron chi connectivity index (χ0n) is 24.9. The minimum Gasteiger partial charge on any atom is -0.490 e. The Morgan fingerprint density at radius 2 is 1.78 bits per heavy atom. The van der Waals surface area contributed by atoms with E-state index in [1.165, 1.54) is 23.5 Å². The van der Waals surface area contributed by atoms with Crippen molar-refractivity contribution in [2.45, 2.75) is 63.2 Å². The van der Waals surface area contributed by atoms with Crippen molar-refractivity contribution in [2.75, 3.05) is 52.3 Å². The highest BCUT2D eigenvalue weighted by atomic mass is 35.5. The fraction of sp³-hybridized carbons (Fsp3) is 0.567. The van der Waals surface area contributed by atoms with E-state index in [1.54, 1.807) is 24.0 Å². The van der Waals surface area contributed by atoms with E-state index >= 15 is 0 Å². The predicted octanol–water partition coefficient (Wildman–Crippen LogP) is 4.52. The molecule has 11 heteroatoms. The van der Waals surface area contributed by atoms with Crippen LogP contribution >= 0.6 is 11.6 Å². The van der Waals surface area contributed by atoms with Crippen molar-refractivity contribution in [3.63, 3.8) is 0 Å². The van der Waals surface area contributed by atoms with Crippen LogP contribution in [0.2, 0.25) is 5.02 Å². The molecule has 1 amide bonds. The molecule has 228 valence electrons. The smallest absolute Gasteiger partial charge is 0.258 e. The lowest BCUT2D eigenvalue weighted by molar-refractivity contribution is -0.00833. The van der Waals surface area contributed by atoms with E-state index in [-0.39, 0.29) is 42.5 Å². The number of aliphatic hydroxyl groups excluding tert-OH is 1. The Bertz CT molecular complexity index is 1260. The fourth-order valence-corrected chi connectivity index (χ4v) is 6.10. The van der Waals surface area contributed by atoms with Gasteiger partial charge in [0, 0.05) is 57.5 Å². The quantitative estimate of drug-likeness (QED) is 0.493. The first-order valence-corrected chi connectivity index (χ1v) is 15.9. The van der Waals surface area contributed by atoms with Crippen LogP contribution in [-0.4, -0.2) is 94.3 Å². The van der Waals surface area contributed by atoms with Crippen LogP contribution in [0.3, 0.4) is 0 Å². The minimum atomic E-state index is -3.79. The van der Waals surface area contributed by atoms with Crippen molar-refractivity contribution in [2.24, 2.45) is 5.92 Å². The average molecular weight is 610 g/mol. The summed E-state index contributed by atoms with van der Waals surface area (Å²) in [5.74, 6) is -0.00382. The Balaban J connectivity index is 1.96. The summed E-state index contributed by atoms with van der Waals surface area (Å²) < 4.78 is 40.5. The second kappa shape index (κ2) is 14.7. The zero-order chi connectivity index (χ0) is 30.3. The van der Waals surface area contributed by atoms with E-state index < -0.39 is 22.2 Å². The molecule has 0 radical (unpaired) electrons. The number of ether oxygens (including phenoxy) is 2. The molecule has 0 aliphatic carbocycles. The maximum atomic E-state index is 14.1. The molecule has 1 N–H and O–H groups in total. The number of carbonyl (C=O) groups excluding carboxylic acids is 1. The van der Waals surface area contributed by atoms with Crippen LogP contribution in [0, 0.1) is 5.92 Å². The van der Waals surface area contributed by atoms with Gasteiger partial charge in [0.2, 0.25) is 10.0 Å². The highest BCUT2D eigenvalue weighted by Gasteiger charge is 2.32. The molecule has 1 aliphatic rings. The van der Waals surface area contributed by atoms with Crippen LogP contribution in [0.4, 0.5) is 5.69 Å². The summed E-state index contributed by atoms with van der Waals surface area (Å²) in [7, 11) is 1.55.